The van der Waals surface area contributed by atoms with Gasteiger partial charge in [0.1, 0.15) is 12.4 Å². The first kappa shape index (κ1) is 13.3. The Morgan fingerprint density at radius 3 is 2.44 bits per heavy atom. The highest BCUT2D eigenvalue weighted by molar-refractivity contribution is 6.31. The van der Waals surface area contributed by atoms with Crippen LogP contribution in [0.5, 0.6) is 0 Å². The van der Waals surface area contributed by atoms with E-state index in [1.54, 1.807) is 0 Å². The van der Waals surface area contributed by atoms with Crippen LogP contribution in [0.25, 0.3) is 0 Å². The molecule has 1 fully saturated rings. The van der Waals surface area contributed by atoms with Gasteiger partial charge in [0.15, 0.2) is 0 Å². The zero-order valence-electron chi connectivity index (χ0n) is 9.27. The number of benzene rings is 1. The minimum atomic E-state index is -4.36. The van der Waals surface area contributed by atoms with E-state index in [2.05, 4.69) is 0 Å². The average molecular weight is 283 g/mol. The van der Waals surface area contributed by atoms with Crippen molar-refractivity contribution < 1.29 is 17.6 Å². The van der Waals surface area contributed by atoms with Crippen molar-refractivity contribution in [2.75, 3.05) is 17.2 Å². The molecule has 0 spiro atoms. The Morgan fingerprint density at radius 2 is 1.94 bits per heavy atom. The highest BCUT2D eigenvalue weighted by Crippen LogP contribution is 2.38. The van der Waals surface area contributed by atoms with Crippen molar-refractivity contribution in [2.45, 2.75) is 25.1 Å². The molecule has 2 N–H and O–H groups in total. The third-order valence-electron chi connectivity index (χ3n) is 2.72. The van der Waals surface area contributed by atoms with Crippen LogP contribution in [0.15, 0.2) is 12.1 Å². The molecule has 100 valence electrons. The molecule has 0 aliphatic heterocycles. The van der Waals surface area contributed by atoms with Gasteiger partial charge in [0.2, 0.25) is 0 Å². The van der Waals surface area contributed by atoms with Crippen molar-refractivity contribution in [1.82, 2.24) is 0 Å². The van der Waals surface area contributed by atoms with Crippen LogP contribution >= 0.6 is 11.6 Å². The molecule has 0 unspecified atom stereocenters. The van der Waals surface area contributed by atoms with Crippen molar-refractivity contribution in [3.63, 3.8) is 0 Å². The smallest absolute Gasteiger partial charge is 0.397 e. The standard InChI is InChI=1S/C11H11ClF4N2/c12-7-3-9(17)10(4-8(7)13)18(6-1-2-6)5-11(14,15)16/h3-4,6H,1-2,5,17H2. The number of nitrogens with two attached hydrogens (primary N) is 1. The quantitative estimate of drug-likeness (QED) is 0.678. The molecule has 0 bridgehead atoms. The van der Waals surface area contributed by atoms with Crippen molar-refractivity contribution in [3.8, 4) is 0 Å². The summed E-state index contributed by atoms with van der Waals surface area (Å²) in [5, 5.41) is -0.195. The molecule has 0 saturated heterocycles. The van der Waals surface area contributed by atoms with Crippen LogP contribution in [-0.2, 0) is 0 Å². The molecule has 1 aromatic carbocycles. The summed E-state index contributed by atoms with van der Waals surface area (Å²) in [6, 6.07) is 1.87. The molecular weight excluding hydrogens is 272 g/mol. The molecule has 0 aromatic heterocycles. The predicted octanol–water partition coefficient (Wildman–Crippen LogP) is 3.59. The van der Waals surface area contributed by atoms with E-state index in [1.165, 1.54) is 0 Å². The van der Waals surface area contributed by atoms with Crippen molar-refractivity contribution in [3.05, 3.63) is 23.0 Å². The summed E-state index contributed by atoms with van der Waals surface area (Å²) in [4.78, 5) is 1.09. The largest absolute Gasteiger partial charge is 0.405 e. The Bertz CT molecular complexity index is 457. The van der Waals surface area contributed by atoms with Gasteiger partial charge in [-0.2, -0.15) is 13.2 Å². The van der Waals surface area contributed by atoms with Gasteiger partial charge in [-0.1, -0.05) is 11.6 Å². The maximum atomic E-state index is 13.3. The Morgan fingerprint density at radius 1 is 1.33 bits per heavy atom. The van der Waals surface area contributed by atoms with Crippen LogP contribution in [0.1, 0.15) is 12.8 Å². The molecule has 2 nitrogen and oxygen atoms in total. The van der Waals surface area contributed by atoms with Crippen molar-refractivity contribution in [2.24, 2.45) is 0 Å². The summed E-state index contributed by atoms with van der Waals surface area (Å²) in [5.41, 5.74) is 5.72. The number of nitrogens with zero attached hydrogens (tertiary/aromatic N) is 1. The lowest BCUT2D eigenvalue weighted by Crippen LogP contribution is -2.36. The second kappa shape index (κ2) is 4.50. The number of anilines is 2. The zero-order chi connectivity index (χ0) is 13.5. The van der Waals surface area contributed by atoms with E-state index in [1.807, 2.05) is 0 Å². The van der Waals surface area contributed by atoms with Gasteiger partial charge in [-0.15, -0.1) is 0 Å². The van der Waals surface area contributed by atoms with Gasteiger partial charge in [0.25, 0.3) is 0 Å². The molecule has 1 saturated carbocycles. The normalized spacial score (nSPS) is 15.8. The van der Waals surface area contributed by atoms with Gasteiger partial charge in [0.05, 0.1) is 16.4 Å². The summed E-state index contributed by atoms with van der Waals surface area (Å²) < 4.78 is 50.8. The Labute approximate surface area is 106 Å². The van der Waals surface area contributed by atoms with Gasteiger partial charge >= 0.3 is 6.18 Å². The monoisotopic (exact) mass is 282 g/mol. The zero-order valence-corrected chi connectivity index (χ0v) is 10.0. The van der Waals surface area contributed by atoms with Crippen LogP contribution < -0.4 is 10.6 Å². The fourth-order valence-corrected chi connectivity index (χ4v) is 1.96. The lowest BCUT2D eigenvalue weighted by atomic mass is 10.2. The van der Waals surface area contributed by atoms with E-state index >= 15 is 0 Å². The highest BCUT2D eigenvalue weighted by Gasteiger charge is 2.39. The first-order valence-electron chi connectivity index (χ1n) is 5.36. The molecule has 0 radical (unpaired) electrons. The van der Waals surface area contributed by atoms with E-state index in [0.717, 1.165) is 17.0 Å². The summed E-state index contributed by atoms with van der Waals surface area (Å²) >= 11 is 5.52. The predicted molar refractivity (Wildman–Crippen MR) is 62.2 cm³/mol. The van der Waals surface area contributed by atoms with Crippen LogP contribution in [-0.4, -0.2) is 18.8 Å². The number of hydrogen-bond acceptors (Lipinski definition) is 2. The third-order valence-corrected chi connectivity index (χ3v) is 3.01. The average Bonchev–Trinajstić information content (AvgIpc) is 3.02. The maximum absolute atomic E-state index is 13.3. The molecule has 2 rings (SSSR count). The van der Waals surface area contributed by atoms with Crippen molar-refractivity contribution in [1.29, 1.82) is 0 Å². The van der Waals surface area contributed by atoms with Gasteiger partial charge in [-0.05, 0) is 18.9 Å². The van der Waals surface area contributed by atoms with Gasteiger partial charge in [-0.25, -0.2) is 4.39 Å². The lowest BCUT2D eigenvalue weighted by Gasteiger charge is -2.27. The second-order valence-electron chi connectivity index (χ2n) is 4.30. The van der Waals surface area contributed by atoms with E-state index in [0.29, 0.717) is 12.8 Å². The van der Waals surface area contributed by atoms with E-state index in [-0.39, 0.29) is 22.4 Å². The van der Waals surface area contributed by atoms with Gasteiger partial charge in [0, 0.05) is 12.1 Å². The Kier molecular flexibility index (Phi) is 3.31. The molecule has 0 atom stereocenters. The van der Waals surface area contributed by atoms with Crippen LogP contribution in [0.3, 0.4) is 0 Å². The molecule has 0 amide bonds. The second-order valence-corrected chi connectivity index (χ2v) is 4.71. The Balaban J connectivity index is 2.34. The van der Waals surface area contributed by atoms with Gasteiger partial charge < -0.3 is 10.6 Å². The van der Waals surface area contributed by atoms with Gasteiger partial charge in [-0.3, -0.25) is 0 Å². The number of hydrogen-bond donors (Lipinski definition) is 1. The lowest BCUT2D eigenvalue weighted by molar-refractivity contribution is -0.119. The molecule has 1 aromatic rings. The molecule has 1 aliphatic rings. The maximum Gasteiger partial charge on any atom is 0.405 e. The number of alkyl halides is 3. The third kappa shape index (κ3) is 2.98. The summed E-state index contributed by atoms with van der Waals surface area (Å²) in [6.07, 6.45) is -3.05. The van der Waals surface area contributed by atoms with E-state index < -0.39 is 18.5 Å². The van der Waals surface area contributed by atoms with E-state index in [9.17, 15) is 17.6 Å². The summed E-state index contributed by atoms with van der Waals surface area (Å²) in [6.45, 7) is -1.14. The minimum absolute atomic E-state index is 0.0525. The fraction of sp³-hybridized carbons (Fsp3) is 0.455. The van der Waals surface area contributed by atoms with Crippen LogP contribution in [0, 0.1) is 5.82 Å². The highest BCUT2D eigenvalue weighted by atomic mass is 35.5. The summed E-state index contributed by atoms with van der Waals surface area (Å²) in [5.74, 6) is -0.770. The molecule has 18 heavy (non-hydrogen) atoms. The number of nitrogen functional groups attached to an aromatic ring is 1. The topological polar surface area (TPSA) is 29.3 Å². The minimum Gasteiger partial charge on any atom is -0.397 e. The molecule has 1 aliphatic carbocycles. The first-order chi connectivity index (χ1) is 8.28. The number of halogens is 5. The number of rotatable bonds is 3. The Hall–Kier alpha value is -1.17. The van der Waals surface area contributed by atoms with Crippen LogP contribution in [0.2, 0.25) is 5.02 Å². The van der Waals surface area contributed by atoms with E-state index in [4.69, 9.17) is 17.3 Å². The molecular formula is C11H11ClF4N2. The van der Waals surface area contributed by atoms with Crippen molar-refractivity contribution >= 4 is 23.0 Å². The van der Waals surface area contributed by atoms with Crippen LogP contribution in [0.4, 0.5) is 28.9 Å². The SMILES string of the molecule is Nc1cc(Cl)c(F)cc1N(CC(F)(F)F)C1CC1. The fourth-order valence-electron chi connectivity index (χ4n) is 1.79. The molecule has 7 heteroatoms. The molecule has 0 heterocycles. The summed E-state index contributed by atoms with van der Waals surface area (Å²) in [7, 11) is 0. The first-order valence-corrected chi connectivity index (χ1v) is 5.73.